The van der Waals surface area contributed by atoms with Gasteiger partial charge in [0.1, 0.15) is 18.0 Å². The fraction of sp³-hybridized carbons (Fsp3) is 0.455. The van der Waals surface area contributed by atoms with Crippen LogP contribution in [0.15, 0.2) is 0 Å². The van der Waals surface area contributed by atoms with Crippen molar-refractivity contribution in [3.63, 3.8) is 0 Å². The largest absolute Gasteiger partial charge is 0.372 e. The summed E-state index contributed by atoms with van der Waals surface area (Å²) in [6, 6.07) is 3.76. The normalized spacial score (nSPS) is 9.25. The molecule has 0 saturated heterocycles. The zero-order chi connectivity index (χ0) is 12.0. The van der Waals surface area contributed by atoms with Gasteiger partial charge in [-0.05, 0) is 12.8 Å². The number of aryl methyl sites for hydroxylation is 1. The first kappa shape index (κ1) is 11.9. The summed E-state index contributed by atoms with van der Waals surface area (Å²) in [5.74, 6) is 0.587. The van der Waals surface area contributed by atoms with Crippen LogP contribution in [-0.2, 0) is 6.42 Å². The molecule has 5 heteroatoms. The van der Waals surface area contributed by atoms with E-state index in [4.69, 9.17) is 10.5 Å². The molecule has 0 aromatic carbocycles. The van der Waals surface area contributed by atoms with Crippen LogP contribution in [-0.4, -0.2) is 17.0 Å². The van der Waals surface area contributed by atoms with Crippen molar-refractivity contribution in [1.29, 1.82) is 10.5 Å². The summed E-state index contributed by atoms with van der Waals surface area (Å²) < 4.78 is 0. The molecule has 82 valence electrons. The van der Waals surface area contributed by atoms with Gasteiger partial charge >= 0.3 is 0 Å². The van der Waals surface area contributed by atoms with Gasteiger partial charge in [0.25, 0.3) is 0 Å². The Hall–Kier alpha value is -2.14. The highest BCUT2D eigenvalue weighted by atomic mass is 15.0. The molecule has 1 aromatic heterocycles. The topological polar surface area (TPSA) is 85.4 Å². The van der Waals surface area contributed by atoms with Crippen LogP contribution >= 0.6 is 0 Å². The van der Waals surface area contributed by atoms with E-state index < -0.39 is 0 Å². The van der Waals surface area contributed by atoms with E-state index in [2.05, 4.69) is 22.2 Å². The monoisotopic (exact) mass is 215 g/mol. The summed E-state index contributed by atoms with van der Waals surface area (Å²) in [4.78, 5) is 8.24. The van der Waals surface area contributed by atoms with Gasteiger partial charge < -0.3 is 5.32 Å². The zero-order valence-electron chi connectivity index (χ0n) is 9.41. The number of nitrogens with one attached hydrogen (secondary N) is 1. The van der Waals surface area contributed by atoms with E-state index in [0.29, 0.717) is 5.82 Å². The number of hydrogen-bond acceptors (Lipinski definition) is 5. The molecule has 0 aliphatic rings. The summed E-state index contributed by atoms with van der Waals surface area (Å²) in [7, 11) is 1.73. The number of rotatable bonds is 4. The van der Waals surface area contributed by atoms with Gasteiger partial charge in [0.15, 0.2) is 11.4 Å². The molecule has 0 bridgehead atoms. The van der Waals surface area contributed by atoms with Crippen LogP contribution in [0.25, 0.3) is 0 Å². The number of nitriles is 2. The SMILES string of the molecule is CCCCc1nc(C#N)c(C#N)nc1NC. The number of aromatic nitrogens is 2. The third kappa shape index (κ3) is 2.46. The molecule has 1 N–H and O–H groups in total. The minimum atomic E-state index is 0.0760. The highest BCUT2D eigenvalue weighted by Crippen LogP contribution is 2.15. The summed E-state index contributed by atoms with van der Waals surface area (Å²) in [6.45, 7) is 2.08. The Morgan fingerprint density at radius 1 is 1.19 bits per heavy atom. The molecule has 0 radical (unpaired) electrons. The molecule has 1 heterocycles. The van der Waals surface area contributed by atoms with Gasteiger partial charge in [-0.25, -0.2) is 9.97 Å². The minimum Gasteiger partial charge on any atom is -0.372 e. The van der Waals surface area contributed by atoms with E-state index in [-0.39, 0.29) is 11.4 Å². The van der Waals surface area contributed by atoms with Crippen LogP contribution < -0.4 is 5.32 Å². The Bertz CT molecular complexity index is 453. The summed E-state index contributed by atoms with van der Waals surface area (Å²) in [5, 5.41) is 20.5. The van der Waals surface area contributed by atoms with Crippen LogP contribution in [0, 0.1) is 22.7 Å². The zero-order valence-corrected chi connectivity index (χ0v) is 9.41. The average Bonchev–Trinajstić information content (AvgIpc) is 2.35. The van der Waals surface area contributed by atoms with Crippen LogP contribution in [0.5, 0.6) is 0 Å². The van der Waals surface area contributed by atoms with E-state index in [9.17, 15) is 0 Å². The Morgan fingerprint density at radius 2 is 1.81 bits per heavy atom. The summed E-state index contributed by atoms with van der Waals surface area (Å²) in [5.41, 5.74) is 0.930. The van der Waals surface area contributed by atoms with Crippen molar-refractivity contribution in [3.8, 4) is 12.1 Å². The second kappa shape index (κ2) is 5.67. The van der Waals surface area contributed by atoms with E-state index >= 15 is 0 Å². The molecule has 1 aromatic rings. The second-order valence-electron chi connectivity index (χ2n) is 3.29. The number of hydrogen-bond donors (Lipinski definition) is 1. The molecule has 0 amide bonds. The first-order valence-electron chi connectivity index (χ1n) is 5.15. The van der Waals surface area contributed by atoms with E-state index in [1.807, 2.05) is 12.1 Å². The molecule has 0 saturated carbocycles. The average molecular weight is 215 g/mol. The number of unbranched alkanes of at least 4 members (excludes halogenated alkanes) is 1. The van der Waals surface area contributed by atoms with Crippen LogP contribution in [0.1, 0.15) is 36.8 Å². The lowest BCUT2D eigenvalue weighted by atomic mass is 10.2. The minimum absolute atomic E-state index is 0.0760. The Labute approximate surface area is 94.8 Å². The van der Waals surface area contributed by atoms with Crippen molar-refractivity contribution in [1.82, 2.24) is 9.97 Å². The third-order valence-electron chi connectivity index (χ3n) is 2.18. The van der Waals surface area contributed by atoms with Gasteiger partial charge in [0.2, 0.25) is 0 Å². The molecule has 1 rings (SSSR count). The molecule has 5 nitrogen and oxygen atoms in total. The Morgan fingerprint density at radius 3 is 2.31 bits per heavy atom. The summed E-state index contributed by atoms with van der Waals surface area (Å²) in [6.07, 6.45) is 2.80. The van der Waals surface area contributed by atoms with Gasteiger partial charge in [0, 0.05) is 7.05 Å². The maximum Gasteiger partial charge on any atom is 0.179 e. The molecule has 0 aliphatic heterocycles. The van der Waals surface area contributed by atoms with Gasteiger partial charge in [-0.1, -0.05) is 13.3 Å². The molecule has 0 unspecified atom stereocenters. The maximum absolute atomic E-state index is 8.84. The first-order valence-corrected chi connectivity index (χ1v) is 5.15. The van der Waals surface area contributed by atoms with Gasteiger partial charge in [-0.3, -0.25) is 0 Å². The van der Waals surface area contributed by atoms with Crippen molar-refractivity contribution in [2.45, 2.75) is 26.2 Å². The van der Waals surface area contributed by atoms with E-state index in [1.165, 1.54) is 0 Å². The molecule has 0 spiro atoms. The molecule has 0 fully saturated rings. The first-order chi connectivity index (χ1) is 7.76. The number of nitrogens with zero attached hydrogens (tertiary/aromatic N) is 4. The highest BCUT2D eigenvalue weighted by molar-refractivity contribution is 5.47. The van der Waals surface area contributed by atoms with E-state index in [1.54, 1.807) is 7.05 Å². The Kier molecular flexibility index (Phi) is 4.23. The van der Waals surface area contributed by atoms with Crippen LogP contribution in [0.4, 0.5) is 5.82 Å². The lowest BCUT2D eigenvalue weighted by Gasteiger charge is -2.07. The van der Waals surface area contributed by atoms with Gasteiger partial charge in [-0.15, -0.1) is 0 Å². The quantitative estimate of drug-likeness (QED) is 0.824. The van der Waals surface area contributed by atoms with Crippen molar-refractivity contribution in [2.75, 3.05) is 12.4 Å². The molecular formula is C11H13N5. The van der Waals surface area contributed by atoms with Crippen LogP contribution in [0.3, 0.4) is 0 Å². The van der Waals surface area contributed by atoms with Gasteiger partial charge in [-0.2, -0.15) is 10.5 Å². The predicted molar refractivity (Wildman–Crippen MR) is 59.6 cm³/mol. The van der Waals surface area contributed by atoms with Crippen LogP contribution in [0.2, 0.25) is 0 Å². The third-order valence-corrected chi connectivity index (χ3v) is 2.18. The predicted octanol–water partition coefficient (Wildman–Crippen LogP) is 1.60. The lowest BCUT2D eigenvalue weighted by molar-refractivity contribution is 0.771. The summed E-state index contributed by atoms with van der Waals surface area (Å²) >= 11 is 0. The Balaban J connectivity index is 3.18. The fourth-order valence-electron chi connectivity index (χ4n) is 1.34. The van der Waals surface area contributed by atoms with Gasteiger partial charge in [0.05, 0.1) is 5.69 Å². The highest BCUT2D eigenvalue weighted by Gasteiger charge is 2.11. The standard InChI is InChI=1S/C11H13N5/c1-3-4-5-8-11(14-2)16-10(7-13)9(6-12)15-8/h3-5H2,1-2H3,(H,14,16). The number of anilines is 1. The fourth-order valence-corrected chi connectivity index (χ4v) is 1.34. The molecule has 0 aliphatic carbocycles. The van der Waals surface area contributed by atoms with Crippen molar-refractivity contribution in [3.05, 3.63) is 17.1 Å². The molecular weight excluding hydrogens is 202 g/mol. The van der Waals surface area contributed by atoms with E-state index in [0.717, 1.165) is 25.0 Å². The lowest BCUT2D eigenvalue weighted by Crippen LogP contribution is -2.06. The second-order valence-corrected chi connectivity index (χ2v) is 3.29. The van der Waals surface area contributed by atoms with Crippen molar-refractivity contribution in [2.24, 2.45) is 0 Å². The molecule has 16 heavy (non-hydrogen) atoms. The molecule has 0 atom stereocenters. The van der Waals surface area contributed by atoms with Crippen molar-refractivity contribution < 1.29 is 0 Å². The maximum atomic E-state index is 8.84. The smallest absolute Gasteiger partial charge is 0.179 e. The van der Waals surface area contributed by atoms with Crippen molar-refractivity contribution >= 4 is 5.82 Å².